The number of rotatable bonds is 1. The van der Waals surface area contributed by atoms with Gasteiger partial charge >= 0.3 is 0 Å². The summed E-state index contributed by atoms with van der Waals surface area (Å²) < 4.78 is 38.0. The van der Waals surface area contributed by atoms with Gasteiger partial charge < -0.3 is 0 Å². The van der Waals surface area contributed by atoms with Crippen LogP contribution in [0.1, 0.15) is 17.8 Å². The first-order valence-corrected chi connectivity index (χ1v) is 4.78. The lowest BCUT2D eigenvalue weighted by Gasteiger charge is -2.05. The van der Waals surface area contributed by atoms with E-state index in [0.29, 0.717) is 10.9 Å². The topological polar surface area (TPSA) is 25.8 Å². The molecule has 0 saturated heterocycles. The molecule has 0 amide bonds. The zero-order valence-corrected chi connectivity index (χ0v) is 8.89. The first-order chi connectivity index (χ1) is 7.49. The molecule has 0 atom stereocenters. The molecule has 1 aromatic heterocycles. The Morgan fingerprint density at radius 1 is 1.25 bits per heavy atom. The molecular weight excluding hydrogens is 241 g/mol. The molecule has 2 aromatic rings. The number of alkyl halides is 2. The van der Waals surface area contributed by atoms with Gasteiger partial charge in [-0.2, -0.15) is 0 Å². The normalized spacial score (nSPS) is 11.4. The van der Waals surface area contributed by atoms with Crippen LogP contribution >= 0.6 is 11.6 Å². The summed E-state index contributed by atoms with van der Waals surface area (Å²) in [6.45, 7) is 1.55. The lowest BCUT2D eigenvalue weighted by Crippen LogP contribution is -1.98. The number of aromatic nitrogens is 2. The van der Waals surface area contributed by atoms with Crippen molar-refractivity contribution in [3.63, 3.8) is 0 Å². The molecule has 2 rings (SSSR count). The zero-order chi connectivity index (χ0) is 11.9. The fourth-order valence-corrected chi connectivity index (χ4v) is 1.57. The maximum Gasteiger partial charge on any atom is 0.297 e. The molecule has 1 heterocycles. The van der Waals surface area contributed by atoms with Crippen molar-refractivity contribution in [2.45, 2.75) is 13.3 Å². The van der Waals surface area contributed by atoms with Crippen LogP contribution in [0, 0.1) is 12.7 Å². The summed E-state index contributed by atoms with van der Waals surface area (Å²) in [5.41, 5.74) is 0.446. The SMILES string of the molecule is Cc1cc2c(Cl)nc(C(F)F)nc2cc1F. The van der Waals surface area contributed by atoms with Crippen LogP contribution in [0.5, 0.6) is 0 Å². The average molecular weight is 247 g/mol. The van der Waals surface area contributed by atoms with Crippen molar-refractivity contribution < 1.29 is 13.2 Å². The van der Waals surface area contributed by atoms with Crippen molar-refractivity contribution in [1.82, 2.24) is 9.97 Å². The highest BCUT2D eigenvalue weighted by Crippen LogP contribution is 2.26. The number of hydrogen-bond acceptors (Lipinski definition) is 2. The van der Waals surface area contributed by atoms with Crippen molar-refractivity contribution >= 4 is 22.5 Å². The second-order valence-corrected chi connectivity index (χ2v) is 3.65. The van der Waals surface area contributed by atoms with E-state index in [1.807, 2.05) is 0 Å². The molecule has 16 heavy (non-hydrogen) atoms. The van der Waals surface area contributed by atoms with Gasteiger partial charge in [-0.3, -0.25) is 0 Å². The molecule has 2 nitrogen and oxygen atoms in total. The quantitative estimate of drug-likeness (QED) is 0.718. The zero-order valence-electron chi connectivity index (χ0n) is 8.14. The van der Waals surface area contributed by atoms with Gasteiger partial charge in [-0.05, 0) is 18.6 Å². The second-order valence-electron chi connectivity index (χ2n) is 3.29. The second kappa shape index (κ2) is 3.90. The van der Waals surface area contributed by atoms with Gasteiger partial charge in [-0.25, -0.2) is 23.1 Å². The lowest BCUT2D eigenvalue weighted by molar-refractivity contribution is 0.141. The van der Waals surface area contributed by atoms with Crippen LogP contribution in [0.15, 0.2) is 12.1 Å². The molecule has 0 fully saturated rings. The Balaban J connectivity index is 2.77. The largest absolute Gasteiger partial charge is 0.297 e. The lowest BCUT2D eigenvalue weighted by atomic mass is 10.1. The highest BCUT2D eigenvalue weighted by molar-refractivity contribution is 6.34. The van der Waals surface area contributed by atoms with Crippen LogP contribution in [-0.2, 0) is 0 Å². The van der Waals surface area contributed by atoms with Gasteiger partial charge in [0.05, 0.1) is 5.52 Å². The first-order valence-electron chi connectivity index (χ1n) is 4.40. The molecule has 0 aliphatic heterocycles. The number of fused-ring (bicyclic) bond motifs is 1. The fraction of sp³-hybridized carbons (Fsp3) is 0.200. The summed E-state index contributed by atoms with van der Waals surface area (Å²) in [5.74, 6) is -1.21. The van der Waals surface area contributed by atoms with Crippen molar-refractivity contribution in [3.8, 4) is 0 Å². The molecule has 0 aliphatic carbocycles. The minimum atomic E-state index is -2.83. The molecule has 84 valence electrons. The molecule has 0 aliphatic rings. The van der Waals surface area contributed by atoms with Gasteiger partial charge in [0, 0.05) is 11.5 Å². The maximum atomic E-state index is 13.2. The molecule has 0 saturated carbocycles. The van der Waals surface area contributed by atoms with E-state index in [1.54, 1.807) is 6.92 Å². The Morgan fingerprint density at radius 3 is 2.56 bits per heavy atom. The monoisotopic (exact) mass is 246 g/mol. The van der Waals surface area contributed by atoms with Gasteiger partial charge in [-0.15, -0.1) is 0 Å². The first kappa shape index (κ1) is 11.1. The molecule has 0 unspecified atom stereocenters. The van der Waals surface area contributed by atoms with E-state index in [0.717, 1.165) is 6.07 Å². The van der Waals surface area contributed by atoms with Crippen LogP contribution in [0.25, 0.3) is 10.9 Å². The van der Waals surface area contributed by atoms with E-state index in [4.69, 9.17) is 11.6 Å². The van der Waals surface area contributed by atoms with E-state index < -0.39 is 18.1 Å². The van der Waals surface area contributed by atoms with Crippen molar-refractivity contribution in [3.05, 3.63) is 34.5 Å². The minimum absolute atomic E-state index is 0.0819. The summed E-state index contributed by atoms with van der Waals surface area (Å²) in [5, 5.41) is 0.272. The standard InChI is InChI=1S/C10H6ClF3N2/c1-4-2-5-7(3-6(4)12)15-10(9(13)14)16-8(5)11/h2-3,9H,1H3. The van der Waals surface area contributed by atoms with Crippen molar-refractivity contribution in [1.29, 1.82) is 0 Å². The Bertz CT molecular complexity index is 557. The number of halogens is 4. The average Bonchev–Trinajstić information content (AvgIpc) is 2.20. The number of aryl methyl sites for hydroxylation is 1. The summed E-state index contributed by atoms with van der Waals surface area (Å²) in [7, 11) is 0. The Hall–Kier alpha value is -1.36. The third-order valence-corrected chi connectivity index (χ3v) is 2.43. The van der Waals surface area contributed by atoms with Crippen LogP contribution in [0.2, 0.25) is 5.15 Å². The Morgan fingerprint density at radius 2 is 1.94 bits per heavy atom. The Labute approximate surface area is 94.1 Å². The summed E-state index contributed by atoms with van der Waals surface area (Å²) in [6.07, 6.45) is -2.83. The molecule has 6 heteroatoms. The smallest absolute Gasteiger partial charge is 0.227 e. The molecule has 0 radical (unpaired) electrons. The van der Waals surface area contributed by atoms with E-state index in [1.165, 1.54) is 6.07 Å². The molecule has 1 aromatic carbocycles. The van der Waals surface area contributed by atoms with E-state index in [-0.39, 0.29) is 10.7 Å². The predicted molar refractivity (Wildman–Crippen MR) is 54.2 cm³/mol. The van der Waals surface area contributed by atoms with Crippen LogP contribution in [-0.4, -0.2) is 9.97 Å². The maximum absolute atomic E-state index is 13.2. The molecule has 0 spiro atoms. The third kappa shape index (κ3) is 1.82. The van der Waals surface area contributed by atoms with E-state index in [9.17, 15) is 13.2 Å². The highest BCUT2D eigenvalue weighted by Gasteiger charge is 2.15. The molecule has 0 N–H and O–H groups in total. The summed E-state index contributed by atoms with van der Waals surface area (Å²) in [4.78, 5) is 7.01. The van der Waals surface area contributed by atoms with Gasteiger partial charge in [-0.1, -0.05) is 11.6 Å². The number of benzene rings is 1. The predicted octanol–water partition coefficient (Wildman–Crippen LogP) is 3.67. The minimum Gasteiger partial charge on any atom is -0.227 e. The number of nitrogens with zero attached hydrogens (tertiary/aromatic N) is 2. The summed E-state index contributed by atoms with van der Waals surface area (Å²) >= 11 is 5.72. The third-order valence-electron chi connectivity index (χ3n) is 2.14. The van der Waals surface area contributed by atoms with Gasteiger partial charge in [0.25, 0.3) is 6.43 Å². The molecular formula is C10H6ClF3N2. The van der Waals surface area contributed by atoms with Crippen LogP contribution < -0.4 is 0 Å². The van der Waals surface area contributed by atoms with Gasteiger partial charge in [0.15, 0.2) is 5.82 Å². The highest BCUT2D eigenvalue weighted by atomic mass is 35.5. The number of hydrogen-bond donors (Lipinski definition) is 0. The van der Waals surface area contributed by atoms with E-state index in [2.05, 4.69) is 9.97 Å². The van der Waals surface area contributed by atoms with Gasteiger partial charge in [0.2, 0.25) is 0 Å². The Kier molecular flexibility index (Phi) is 2.71. The van der Waals surface area contributed by atoms with Crippen LogP contribution in [0.3, 0.4) is 0 Å². The van der Waals surface area contributed by atoms with E-state index >= 15 is 0 Å². The van der Waals surface area contributed by atoms with Crippen LogP contribution in [0.4, 0.5) is 13.2 Å². The van der Waals surface area contributed by atoms with Gasteiger partial charge in [0.1, 0.15) is 11.0 Å². The summed E-state index contributed by atoms with van der Waals surface area (Å²) in [6, 6.07) is 2.51. The fourth-order valence-electron chi connectivity index (χ4n) is 1.34. The van der Waals surface area contributed by atoms with Crippen molar-refractivity contribution in [2.75, 3.05) is 0 Å². The molecule has 0 bridgehead atoms. The van der Waals surface area contributed by atoms with Crippen molar-refractivity contribution in [2.24, 2.45) is 0 Å².